The van der Waals surface area contributed by atoms with Gasteiger partial charge >= 0.3 is 5.97 Å². The molecule has 0 amide bonds. The number of nitrogens with zero attached hydrogens (tertiary/aromatic N) is 5. The summed E-state index contributed by atoms with van der Waals surface area (Å²) in [6.07, 6.45) is 0. The molecular weight excluding hydrogens is 296 g/mol. The normalized spacial score (nSPS) is 10.9. The molecular formula is C11H10N6O3S. The fourth-order valence-electron chi connectivity index (χ4n) is 1.78. The quantitative estimate of drug-likeness (QED) is 0.699. The van der Waals surface area contributed by atoms with E-state index in [1.54, 1.807) is 0 Å². The summed E-state index contributed by atoms with van der Waals surface area (Å²) in [4.78, 5) is 16.1. The van der Waals surface area contributed by atoms with Gasteiger partial charge in [0.05, 0.1) is 10.6 Å². The molecule has 10 heteroatoms. The van der Waals surface area contributed by atoms with Crippen molar-refractivity contribution < 1.29 is 14.4 Å². The maximum atomic E-state index is 11.0. The molecule has 0 atom stereocenters. The van der Waals surface area contributed by atoms with E-state index in [0.29, 0.717) is 17.4 Å². The van der Waals surface area contributed by atoms with Gasteiger partial charge in [-0.2, -0.15) is 4.98 Å². The van der Waals surface area contributed by atoms with Crippen molar-refractivity contribution in [2.45, 2.75) is 13.1 Å². The molecule has 0 aliphatic carbocycles. The Bertz CT molecular complexity index is 763. The van der Waals surface area contributed by atoms with Gasteiger partial charge in [-0.15, -0.1) is 16.4 Å². The molecule has 0 aliphatic rings. The largest absolute Gasteiger partial charge is 0.476 e. The zero-order chi connectivity index (χ0) is 14.8. The number of carboxylic acid groups (broad SMARTS) is 1. The summed E-state index contributed by atoms with van der Waals surface area (Å²) in [5.41, 5.74) is 5.69. The molecule has 3 rings (SSSR count). The summed E-state index contributed by atoms with van der Waals surface area (Å²) in [6, 6.07) is 3.75. The monoisotopic (exact) mass is 306 g/mol. The van der Waals surface area contributed by atoms with E-state index in [1.807, 2.05) is 17.5 Å². The van der Waals surface area contributed by atoms with Crippen molar-refractivity contribution in [3.05, 3.63) is 34.7 Å². The fourth-order valence-corrected chi connectivity index (χ4v) is 2.43. The van der Waals surface area contributed by atoms with E-state index in [2.05, 4.69) is 20.5 Å². The van der Waals surface area contributed by atoms with E-state index >= 15 is 0 Å². The van der Waals surface area contributed by atoms with Crippen LogP contribution >= 0.6 is 11.3 Å². The molecule has 3 N–H and O–H groups in total. The topological polar surface area (TPSA) is 133 Å². The zero-order valence-electron chi connectivity index (χ0n) is 10.6. The summed E-state index contributed by atoms with van der Waals surface area (Å²) in [5.74, 6) is -0.392. The van der Waals surface area contributed by atoms with Crippen LogP contribution in [-0.4, -0.2) is 36.2 Å². The van der Waals surface area contributed by atoms with E-state index < -0.39 is 5.97 Å². The average Bonchev–Trinajstić information content (AvgIpc) is 3.18. The second-order valence-electron chi connectivity index (χ2n) is 4.04. The first-order valence-corrected chi connectivity index (χ1v) is 6.79. The number of carbonyl (C=O) groups is 1. The molecule has 0 fully saturated rings. The number of carboxylic acids is 1. The lowest BCUT2D eigenvalue weighted by atomic mass is 10.3. The number of nitrogens with two attached hydrogens (primary N) is 1. The number of rotatable bonds is 5. The van der Waals surface area contributed by atoms with Gasteiger partial charge in [-0.1, -0.05) is 16.4 Å². The summed E-state index contributed by atoms with van der Waals surface area (Å²) in [5, 5.41) is 22.1. The van der Waals surface area contributed by atoms with Crippen LogP contribution in [0.1, 0.15) is 22.0 Å². The molecule has 0 aromatic carbocycles. The third-order valence-corrected chi connectivity index (χ3v) is 3.58. The Morgan fingerprint density at radius 1 is 1.52 bits per heavy atom. The lowest BCUT2D eigenvalue weighted by Gasteiger charge is -2.00. The molecule has 3 aromatic rings. The second-order valence-corrected chi connectivity index (χ2v) is 4.99. The van der Waals surface area contributed by atoms with Gasteiger partial charge in [0.15, 0.2) is 11.5 Å². The third-order valence-electron chi connectivity index (χ3n) is 2.72. The molecule has 0 spiro atoms. The summed E-state index contributed by atoms with van der Waals surface area (Å²) in [7, 11) is 0. The van der Waals surface area contributed by atoms with Gasteiger partial charge in [0.25, 0.3) is 5.89 Å². The first-order chi connectivity index (χ1) is 10.2. The lowest BCUT2D eigenvalue weighted by Crippen LogP contribution is -2.13. The summed E-state index contributed by atoms with van der Waals surface area (Å²) in [6.45, 7) is 0.145. The molecule has 0 saturated heterocycles. The molecule has 0 aliphatic heterocycles. The van der Waals surface area contributed by atoms with Crippen LogP contribution < -0.4 is 5.73 Å². The first-order valence-electron chi connectivity index (χ1n) is 5.91. The number of aromatic carboxylic acids is 1. The fraction of sp³-hybridized carbons (Fsp3) is 0.182. The minimum absolute atomic E-state index is 0.00423. The Morgan fingerprint density at radius 2 is 2.38 bits per heavy atom. The molecule has 3 aromatic heterocycles. The SMILES string of the molecule is NCc1c(C(=O)O)nnn1Cc1noc(-c2cccs2)n1. The summed E-state index contributed by atoms with van der Waals surface area (Å²) < 4.78 is 6.50. The van der Waals surface area contributed by atoms with Crippen LogP contribution in [0, 0.1) is 0 Å². The maximum Gasteiger partial charge on any atom is 0.358 e. The van der Waals surface area contributed by atoms with Crippen molar-refractivity contribution in [2.24, 2.45) is 5.73 Å². The molecule has 9 nitrogen and oxygen atoms in total. The van der Waals surface area contributed by atoms with Crippen LogP contribution in [-0.2, 0) is 13.1 Å². The van der Waals surface area contributed by atoms with Crippen molar-refractivity contribution in [1.82, 2.24) is 25.1 Å². The number of aromatic nitrogens is 5. The highest BCUT2D eigenvalue weighted by Crippen LogP contribution is 2.22. The van der Waals surface area contributed by atoms with Gasteiger partial charge in [0.1, 0.15) is 6.54 Å². The molecule has 3 heterocycles. The van der Waals surface area contributed by atoms with E-state index in [4.69, 9.17) is 15.4 Å². The standard InChI is InChI=1S/C11H10N6O3S/c12-4-6-9(11(18)19)14-16-17(6)5-8-13-10(20-15-8)7-2-1-3-21-7/h1-3H,4-5,12H2,(H,18,19). The van der Waals surface area contributed by atoms with Crippen LogP contribution in [0.3, 0.4) is 0 Å². The predicted molar refractivity (Wildman–Crippen MR) is 71.6 cm³/mol. The van der Waals surface area contributed by atoms with E-state index in [1.165, 1.54) is 16.0 Å². The van der Waals surface area contributed by atoms with E-state index in [-0.39, 0.29) is 18.8 Å². The van der Waals surface area contributed by atoms with Gasteiger partial charge in [-0.05, 0) is 11.4 Å². The zero-order valence-corrected chi connectivity index (χ0v) is 11.4. The first kappa shape index (κ1) is 13.4. The Kier molecular flexibility index (Phi) is 3.46. The van der Waals surface area contributed by atoms with Crippen LogP contribution in [0.4, 0.5) is 0 Å². The summed E-state index contributed by atoms with van der Waals surface area (Å²) >= 11 is 1.48. The highest BCUT2D eigenvalue weighted by molar-refractivity contribution is 7.13. The van der Waals surface area contributed by atoms with Gasteiger partial charge in [-0.25, -0.2) is 9.48 Å². The minimum Gasteiger partial charge on any atom is -0.476 e. The average molecular weight is 306 g/mol. The van der Waals surface area contributed by atoms with Gasteiger partial charge in [-0.3, -0.25) is 0 Å². The highest BCUT2D eigenvalue weighted by Gasteiger charge is 2.19. The minimum atomic E-state index is -1.17. The van der Waals surface area contributed by atoms with Crippen molar-refractivity contribution in [1.29, 1.82) is 0 Å². The molecule has 108 valence electrons. The van der Waals surface area contributed by atoms with Crippen LogP contribution in [0.2, 0.25) is 0 Å². The van der Waals surface area contributed by atoms with Crippen molar-refractivity contribution >= 4 is 17.3 Å². The molecule has 0 radical (unpaired) electrons. The molecule has 0 unspecified atom stereocenters. The third kappa shape index (κ3) is 2.53. The maximum absolute atomic E-state index is 11.0. The van der Waals surface area contributed by atoms with Gasteiger partial charge in [0.2, 0.25) is 0 Å². The van der Waals surface area contributed by atoms with Crippen molar-refractivity contribution in [3.8, 4) is 10.8 Å². The highest BCUT2D eigenvalue weighted by atomic mass is 32.1. The van der Waals surface area contributed by atoms with E-state index in [9.17, 15) is 4.79 Å². The van der Waals surface area contributed by atoms with Crippen molar-refractivity contribution in [3.63, 3.8) is 0 Å². The van der Waals surface area contributed by atoms with Crippen molar-refractivity contribution in [2.75, 3.05) is 0 Å². The van der Waals surface area contributed by atoms with E-state index in [0.717, 1.165) is 4.88 Å². The van der Waals surface area contributed by atoms with Gasteiger partial charge < -0.3 is 15.4 Å². The Balaban J connectivity index is 1.86. The molecule has 21 heavy (non-hydrogen) atoms. The van der Waals surface area contributed by atoms with Crippen LogP contribution in [0.15, 0.2) is 22.0 Å². The Labute approximate surface area is 122 Å². The Morgan fingerprint density at radius 3 is 3.05 bits per heavy atom. The van der Waals surface area contributed by atoms with Gasteiger partial charge in [0, 0.05) is 6.54 Å². The smallest absolute Gasteiger partial charge is 0.358 e. The second kappa shape index (κ2) is 5.42. The van der Waals surface area contributed by atoms with Crippen LogP contribution in [0.5, 0.6) is 0 Å². The number of thiophene rings is 1. The molecule has 0 saturated carbocycles. The predicted octanol–water partition coefficient (Wildman–Crippen LogP) is 0.595. The Hall–Kier alpha value is -2.59. The number of hydrogen-bond acceptors (Lipinski definition) is 8. The molecule has 0 bridgehead atoms. The lowest BCUT2D eigenvalue weighted by molar-refractivity contribution is 0.0689. The van der Waals surface area contributed by atoms with Crippen LogP contribution in [0.25, 0.3) is 10.8 Å². The number of hydrogen-bond donors (Lipinski definition) is 2.